The van der Waals surface area contributed by atoms with Gasteiger partial charge in [0.2, 0.25) is 0 Å². The zero-order valence-electron chi connectivity index (χ0n) is 14.8. The van der Waals surface area contributed by atoms with Crippen molar-refractivity contribution in [3.05, 3.63) is 21.9 Å². The van der Waals surface area contributed by atoms with E-state index in [1.54, 1.807) is 11.3 Å². The maximum atomic E-state index is 12.4. The average Bonchev–Trinajstić information content (AvgIpc) is 3.21. The number of aryl methyl sites for hydroxylation is 1. The molecule has 1 N–H and O–H groups in total. The van der Waals surface area contributed by atoms with Gasteiger partial charge in [-0.3, -0.25) is 4.79 Å². The van der Waals surface area contributed by atoms with Crippen molar-refractivity contribution in [3.8, 4) is 0 Å². The number of hydrogen-bond donors (Lipinski definition) is 1. The average molecular weight is 365 g/mol. The Labute approximate surface area is 153 Å². The Morgan fingerprint density at radius 2 is 2.04 bits per heavy atom. The summed E-state index contributed by atoms with van der Waals surface area (Å²) in [7, 11) is 0. The van der Waals surface area contributed by atoms with E-state index in [-0.39, 0.29) is 18.0 Å². The second kappa shape index (κ2) is 8.67. The van der Waals surface area contributed by atoms with E-state index in [4.69, 9.17) is 4.74 Å². The fourth-order valence-electron chi connectivity index (χ4n) is 3.37. The Morgan fingerprint density at radius 1 is 1.24 bits per heavy atom. The lowest BCUT2D eigenvalue weighted by Crippen LogP contribution is -2.44. The minimum atomic E-state index is -0.269. The van der Waals surface area contributed by atoms with Crippen molar-refractivity contribution in [1.29, 1.82) is 0 Å². The summed E-state index contributed by atoms with van der Waals surface area (Å²) in [6.45, 7) is 6.01. The summed E-state index contributed by atoms with van der Waals surface area (Å²) in [5, 5.41) is 5.09. The van der Waals surface area contributed by atoms with Crippen molar-refractivity contribution in [1.82, 2.24) is 15.1 Å². The predicted octanol–water partition coefficient (Wildman–Crippen LogP) is 2.02. The third-order valence-electron chi connectivity index (χ3n) is 4.90. The largest absolute Gasteiger partial charge is 0.368 e. The molecule has 1 aromatic rings. The van der Waals surface area contributed by atoms with Crippen LogP contribution in [0.25, 0.3) is 0 Å². The molecule has 0 bridgehead atoms. The van der Waals surface area contributed by atoms with E-state index >= 15 is 0 Å². The van der Waals surface area contributed by atoms with Crippen molar-refractivity contribution in [2.45, 2.75) is 38.7 Å². The number of amides is 3. The van der Waals surface area contributed by atoms with Crippen LogP contribution in [0.4, 0.5) is 4.79 Å². The molecule has 6 nitrogen and oxygen atoms in total. The molecule has 0 aromatic carbocycles. The van der Waals surface area contributed by atoms with Gasteiger partial charge in [-0.05, 0) is 49.6 Å². The molecule has 3 rings (SSSR count). The topological polar surface area (TPSA) is 61.9 Å². The van der Waals surface area contributed by atoms with E-state index in [1.807, 2.05) is 9.80 Å². The minimum Gasteiger partial charge on any atom is -0.368 e. The number of nitrogens with zero attached hydrogens (tertiary/aromatic N) is 2. The van der Waals surface area contributed by atoms with Crippen molar-refractivity contribution in [2.24, 2.45) is 0 Å². The van der Waals surface area contributed by atoms with E-state index in [0.717, 1.165) is 25.7 Å². The summed E-state index contributed by atoms with van der Waals surface area (Å²) in [5.41, 5.74) is 1.29. The molecule has 138 valence electrons. The lowest BCUT2D eigenvalue weighted by molar-refractivity contribution is -0.140. The monoisotopic (exact) mass is 365 g/mol. The molecule has 3 heterocycles. The highest BCUT2D eigenvalue weighted by Crippen LogP contribution is 2.17. The highest BCUT2D eigenvalue weighted by molar-refractivity contribution is 7.10. The smallest absolute Gasteiger partial charge is 0.317 e. The predicted molar refractivity (Wildman–Crippen MR) is 97.9 cm³/mol. The van der Waals surface area contributed by atoms with E-state index in [0.29, 0.717) is 39.3 Å². The van der Waals surface area contributed by atoms with Crippen LogP contribution in [-0.4, -0.2) is 67.2 Å². The maximum Gasteiger partial charge on any atom is 0.317 e. The van der Waals surface area contributed by atoms with Gasteiger partial charge in [-0.2, -0.15) is 0 Å². The Balaban J connectivity index is 1.43. The van der Waals surface area contributed by atoms with Crippen molar-refractivity contribution in [2.75, 3.05) is 39.3 Å². The van der Waals surface area contributed by atoms with Gasteiger partial charge in [0.1, 0.15) is 6.10 Å². The maximum absolute atomic E-state index is 12.4. The Kier molecular flexibility index (Phi) is 6.31. The van der Waals surface area contributed by atoms with Crippen LogP contribution in [0.2, 0.25) is 0 Å². The van der Waals surface area contributed by atoms with Gasteiger partial charge >= 0.3 is 6.03 Å². The molecular weight excluding hydrogens is 338 g/mol. The molecule has 0 aliphatic carbocycles. The summed E-state index contributed by atoms with van der Waals surface area (Å²) >= 11 is 1.73. The number of carbonyl (C=O) groups is 2. The Bertz CT molecular complexity index is 598. The minimum absolute atomic E-state index is 0.0272. The van der Waals surface area contributed by atoms with Gasteiger partial charge in [0.15, 0.2) is 0 Å². The number of hydrogen-bond acceptors (Lipinski definition) is 4. The van der Waals surface area contributed by atoms with Gasteiger partial charge < -0.3 is 19.9 Å². The molecule has 3 amide bonds. The van der Waals surface area contributed by atoms with Gasteiger partial charge in [0.25, 0.3) is 5.91 Å². The summed E-state index contributed by atoms with van der Waals surface area (Å²) in [4.78, 5) is 29.8. The van der Waals surface area contributed by atoms with Crippen LogP contribution < -0.4 is 5.32 Å². The van der Waals surface area contributed by atoms with Gasteiger partial charge in [0, 0.05) is 44.2 Å². The standard InChI is InChI=1S/C18H27N3O3S/c1-14-6-13-25-16(14)5-7-19-18(23)21-9-3-8-20(10-11-21)17(22)15-4-2-12-24-15/h6,13,15H,2-5,7-12H2,1H3,(H,19,23)/t15-/m0/s1. The molecule has 2 fully saturated rings. The third kappa shape index (κ3) is 4.73. The molecular formula is C18H27N3O3S. The van der Waals surface area contributed by atoms with Gasteiger partial charge in [-0.1, -0.05) is 0 Å². The van der Waals surface area contributed by atoms with Crippen LogP contribution in [0.3, 0.4) is 0 Å². The first-order valence-corrected chi connectivity index (χ1v) is 9.99. The molecule has 0 unspecified atom stereocenters. The van der Waals surface area contributed by atoms with Crippen LogP contribution in [-0.2, 0) is 16.0 Å². The van der Waals surface area contributed by atoms with Crippen LogP contribution in [0.1, 0.15) is 29.7 Å². The van der Waals surface area contributed by atoms with Crippen LogP contribution in [0.5, 0.6) is 0 Å². The summed E-state index contributed by atoms with van der Waals surface area (Å²) in [6.07, 6.45) is 3.20. The van der Waals surface area contributed by atoms with Gasteiger partial charge in [0.05, 0.1) is 0 Å². The first-order chi connectivity index (χ1) is 12.1. The Morgan fingerprint density at radius 3 is 2.76 bits per heavy atom. The SMILES string of the molecule is Cc1ccsc1CCNC(=O)N1CCCN(C(=O)[C@@H]2CCCO2)CC1. The first-order valence-electron chi connectivity index (χ1n) is 9.11. The van der Waals surface area contributed by atoms with Gasteiger partial charge in [-0.25, -0.2) is 4.79 Å². The van der Waals surface area contributed by atoms with E-state index < -0.39 is 0 Å². The summed E-state index contributed by atoms with van der Waals surface area (Å²) < 4.78 is 5.50. The van der Waals surface area contributed by atoms with Crippen molar-refractivity contribution < 1.29 is 14.3 Å². The van der Waals surface area contributed by atoms with E-state index in [1.165, 1.54) is 10.4 Å². The lowest BCUT2D eigenvalue weighted by atomic mass is 10.2. The van der Waals surface area contributed by atoms with Crippen molar-refractivity contribution in [3.63, 3.8) is 0 Å². The molecule has 1 atom stereocenters. The van der Waals surface area contributed by atoms with Gasteiger partial charge in [-0.15, -0.1) is 11.3 Å². The molecule has 2 aliphatic rings. The fraction of sp³-hybridized carbons (Fsp3) is 0.667. The highest BCUT2D eigenvalue weighted by Gasteiger charge is 2.30. The second-order valence-electron chi connectivity index (χ2n) is 6.68. The number of nitrogens with one attached hydrogen (secondary N) is 1. The third-order valence-corrected chi connectivity index (χ3v) is 5.98. The zero-order valence-corrected chi connectivity index (χ0v) is 15.6. The number of carbonyl (C=O) groups excluding carboxylic acids is 2. The van der Waals surface area contributed by atoms with E-state index in [2.05, 4.69) is 23.7 Å². The zero-order chi connectivity index (χ0) is 17.6. The molecule has 1 aromatic heterocycles. The number of ether oxygens (including phenoxy) is 1. The molecule has 0 radical (unpaired) electrons. The molecule has 0 spiro atoms. The van der Waals surface area contributed by atoms with Crippen LogP contribution in [0, 0.1) is 6.92 Å². The summed E-state index contributed by atoms with van der Waals surface area (Å²) in [5.74, 6) is 0.0907. The summed E-state index contributed by atoms with van der Waals surface area (Å²) in [6, 6.07) is 2.08. The Hall–Kier alpha value is -1.60. The van der Waals surface area contributed by atoms with Crippen LogP contribution in [0.15, 0.2) is 11.4 Å². The van der Waals surface area contributed by atoms with Crippen molar-refractivity contribution >= 4 is 23.3 Å². The molecule has 7 heteroatoms. The lowest BCUT2D eigenvalue weighted by Gasteiger charge is -2.24. The number of urea groups is 1. The first kappa shape index (κ1) is 18.2. The quantitative estimate of drug-likeness (QED) is 0.888. The molecule has 25 heavy (non-hydrogen) atoms. The fourth-order valence-corrected chi connectivity index (χ4v) is 4.28. The molecule has 2 aliphatic heterocycles. The number of rotatable bonds is 4. The molecule has 0 saturated carbocycles. The molecule has 2 saturated heterocycles. The normalized spacial score (nSPS) is 21.2. The highest BCUT2D eigenvalue weighted by atomic mass is 32.1. The van der Waals surface area contributed by atoms with Crippen LogP contribution >= 0.6 is 11.3 Å². The second-order valence-corrected chi connectivity index (χ2v) is 7.68. The van der Waals surface area contributed by atoms with E-state index in [9.17, 15) is 9.59 Å². The number of thiophene rings is 1.